The Kier molecular flexibility index (Phi) is 4.49. The van der Waals surface area contributed by atoms with Crippen molar-refractivity contribution in [2.75, 3.05) is 6.61 Å². The number of aromatic nitrogens is 1. The van der Waals surface area contributed by atoms with E-state index in [1.165, 1.54) is 16.5 Å². The number of hydrogen-bond acceptors (Lipinski definition) is 1. The Hall–Kier alpha value is -1.74. The average Bonchev–Trinajstić information content (AvgIpc) is 2.89. The topological polar surface area (TPSA) is 14.2 Å². The predicted molar refractivity (Wildman–Crippen MR) is 100 cm³/mol. The highest BCUT2D eigenvalue weighted by Gasteiger charge is 2.12. The monoisotopic (exact) mass is 371 g/mol. The lowest BCUT2D eigenvalue weighted by atomic mass is 9.87. The van der Waals surface area contributed by atoms with Crippen molar-refractivity contribution in [3.05, 3.63) is 64.8 Å². The normalized spacial score (nSPS) is 11.8. The molecular formula is C20H22BrNO. The second-order valence-corrected chi connectivity index (χ2v) is 7.75. The van der Waals surface area contributed by atoms with Crippen molar-refractivity contribution in [2.45, 2.75) is 32.7 Å². The Labute approximate surface area is 146 Å². The Bertz CT molecular complexity index is 797. The molecule has 0 amide bonds. The van der Waals surface area contributed by atoms with Gasteiger partial charge in [-0.3, -0.25) is 0 Å². The lowest BCUT2D eigenvalue weighted by Gasteiger charge is -2.19. The van der Waals surface area contributed by atoms with Crippen LogP contribution < -0.4 is 4.74 Å². The van der Waals surface area contributed by atoms with Gasteiger partial charge in [-0.05, 0) is 47.4 Å². The fraction of sp³-hybridized carbons (Fsp3) is 0.300. The molecule has 0 N–H and O–H groups in total. The third-order valence-corrected chi connectivity index (χ3v) is 4.55. The minimum atomic E-state index is 0.177. The van der Waals surface area contributed by atoms with E-state index >= 15 is 0 Å². The van der Waals surface area contributed by atoms with Gasteiger partial charge >= 0.3 is 0 Å². The van der Waals surface area contributed by atoms with Crippen LogP contribution in [0.15, 0.2) is 59.2 Å². The molecule has 0 atom stereocenters. The highest BCUT2D eigenvalue weighted by molar-refractivity contribution is 9.10. The maximum absolute atomic E-state index is 5.89. The largest absolute Gasteiger partial charge is 0.492 e. The summed E-state index contributed by atoms with van der Waals surface area (Å²) >= 11 is 3.51. The van der Waals surface area contributed by atoms with Crippen molar-refractivity contribution in [3.63, 3.8) is 0 Å². The van der Waals surface area contributed by atoms with Gasteiger partial charge in [0, 0.05) is 21.6 Å². The number of hydrogen-bond donors (Lipinski definition) is 0. The van der Waals surface area contributed by atoms with E-state index in [2.05, 4.69) is 96.0 Å². The lowest BCUT2D eigenvalue weighted by Crippen LogP contribution is -2.11. The first-order valence-electron chi connectivity index (χ1n) is 7.91. The van der Waals surface area contributed by atoms with Gasteiger partial charge in [-0.2, -0.15) is 0 Å². The minimum Gasteiger partial charge on any atom is -0.492 e. The van der Waals surface area contributed by atoms with Gasteiger partial charge in [-0.25, -0.2) is 0 Å². The molecule has 0 aliphatic rings. The second kappa shape index (κ2) is 6.40. The summed E-state index contributed by atoms with van der Waals surface area (Å²) in [4.78, 5) is 0. The van der Waals surface area contributed by atoms with Crippen LogP contribution in [0.5, 0.6) is 5.75 Å². The molecule has 2 aromatic carbocycles. The van der Waals surface area contributed by atoms with Gasteiger partial charge in [0.05, 0.1) is 6.54 Å². The van der Waals surface area contributed by atoms with E-state index in [1.54, 1.807) is 0 Å². The first-order chi connectivity index (χ1) is 10.9. The standard InChI is InChI=1S/C20H22BrNO/c1-20(2,3)16-4-7-18(8-5-16)23-13-12-22-11-10-15-14-17(21)6-9-19(15)22/h4-11,14H,12-13H2,1-3H3. The number of ether oxygens (including phenoxy) is 1. The van der Waals surface area contributed by atoms with E-state index in [9.17, 15) is 0 Å². The fourth-order valence-electron chi connectivity index (χ4n) is 2.68. The average molecular weight is 372 g/mol. The number of fused-ring (bicyclic) bond motifs is 1. The van der Waals surface area contributed by atoms with Gasteiger partial charge in [-0.1, -0.05) is 48.8 Å². The Morgan fingerprint density at radius 3 is 2.43 bits per heavy atom. The number of rotatable bonds is 4. The summed E-state index contributed by atoms with van der Waals surface area (Å²) in [5.74, 6) is 0.928. The van der Waals surface area contributed by atoms with Crippen LogP contribution in [0.2, 0.25) is 0 Å². The molecule has 1 heterocycles. The molecular weight excluding hydrogens is 350 g/mol. The van der Waals surface area contributed by atoms with E-state index in [1.807, 2.05) is 0 Å². The number of halogens is 1. The smallest absolute Gasteiger partial charge is 0.119 e. The molecule has 3 rings (SSSR count). The van der Waals surface area contributed by atoms with Crippen LogP contribution in [-0.4, -0.2) is 11.2 Å². The van der Waals surface area contributed by atoms with Crippen molar-refractivity contribution in [2.24, 2.45) is 0 Å². The van der Waals surface area contributed by atoms with Gasteiger partial charge in [0.15, 0.2) is 0 Å². The van der Waals surface area contributed by atoms with Gasteiger partial charge in [0.2, 0.25) is 0 Å². The zero-order valence-electron chi connectivity index (χ0n) is 13.8. The highest BCUT2D eigenvalue weighted by atomic mass is 79.9. The summed E-state index contributed by atoms with van der Waals surface area (Å²) < 4.78 is 9.23. The van der Waals surface area contributed by atoms with Crippen LogP contribution in [0.3, 0.4) is 0 Å². The predicted octanol–water partition coefficient (Wildman–Crippen LogP) is 5.78. The van der Waals surface area contributed by atoms with E-state index in [4.69, 9.17) is 4.74 Å². The molecule has 0 aliphatic heterocycles. The highest BCUT2D eigenvalue weighted by Crippen LogP contribution is 2.24. The van der Waals surface area contributed by atoms with Crippen LogP contribution >= 0.6 is 15.9 Å². The minimum absolute atomic E-state index is 0.177. The van der Waals surface area contributed by atoms with Crippen molar-refractivity contribution in [1.29, 1.82) is 0 Å². The van der Waals surface area contributed by atoms with Gasteiger partial charge in [-0.15, -0.1) is 0 Å². The molecule has 2 nitrogen and oxygen atoms in total. The SMILES string of the molecule is CC(C)(C)c1ccc(OCCn2ccc3cc(Br)ccc32)cc1. The van der Waals surface area contributed by atoms with E-state index < -0.39 is 0 Å². The molecule has 0 bridgehead atoms. The molecule has 0 spiro atoms. The van der Waals surface area contributed by atoms with Crippen LogP contribution in [0.4, 0.5) is 0 Å². The number of benzene rings is 2. The molecule has 1 aromatic heterocycles. The van der Waals surface area contributed by atoms with Crippen molar-refractivity contribution in [1.82, 2.24) is 4.57 Å². The van der Waals surface area contributed by atoms with Gasteiger partial charge in [0.25, 0.3) is 0 Å². The van der Waals surface area contributed by atoms with Crippen molar-refractivity contribution >= 4 is 26.8 Å². The van der Waals surface area contributed by atoms with E-state index in [0.717, 1.165) is 16.8 Å². The van der Waals surface area contributed by atoms with E-state index in [0.29, 0.717) is 6.61 Å². The molecule has 0 aliphatic carbocycles. The molecule has 0 saturated heterocycles. The maximum atomic E-state index is 5.89. The third kappa shape index (κ3) is 3.78. The van der Waals surface area contributed by atoms with Crippen molar-refractivity contribution in [3.8, 4) is 5.75 Å². The quantitative estimate of drug-likeness (QED) is 0.566. The molecule has 120 valence electrons. The molecule has 0 unspecified atom stereocenters. The first-order valence-corrected chi connectivity index (χ1v) is 8.70. The summed E-state index contributed by atoms with van der Waals surface area (Å²) in [7, 11) is 0. The van der Waals surface area contributed by atoms with Crippen LogP contribution in [0.25, 0.3) is 10.9 Å². The Morgan fingerprint density at radius 1 is 1.00 bits per heavy atom. The summed E-state index contributed by atoms with van der Waals surface area (Å²) in [5.41, 5.74) is 2.74. The van der Waals surface area contributed by atoms with Crippen LogP contribution in [0.1, 0.15) is 26.3 Å². The molecule has 0 radical (unpaired) electrons. The molecule has 0 saturated carbocycles. The Balaban J connectivity index is 1.62. The summed E-state index contributed by atoms with van der Waals surface area (Å²) in [6.45, 7) is 8.16. The summed E-state index contributed by atoms with van der Waals surface area (Å²) in [6.07, 6.45) is 2.11. The van der Waals surface area contributed by atoms with Crippen LogP contribution in [-0.2, 0) is 12.0 Å². The summed E-state index contributed by atoms with van der Waals surface area (Å²) in [5, 5.41) is 1.24. The third-order valence-electron chi connectivity index (χ3n) is 4.05. The van der Waals surface area contributed by atoms with Crippen LogP contribution in [0, 0.1) is 0 Å². The summed E-state index contributed by atoms with van der Waals surface area (Å²) in [6, 6.07) is 16.9. The number of nitrogens with zero attached hydrogens (tertiary/aromatic N) is 1. The van der Waals surface area contributed by atoms with E-state index in [-0.39, 0.29) is 5.41 Å². The zero-order valence-corrected chi connectivity index (χ0v) is 15.4. The first kappa shape index (κ1) is 16.1. The molecule has 23 heavy (non-hydrogen) atoms. The van der Waals surface area contributed by atoms with Gasteiger partial charge < -0.3 is 9.30 Å². The maximum Gasteiger partial charge on any atom is 0.119 e. The molecule has 3 heteroatoms. The molecule has 0 fully saturated rings. The van der Waals surface area contributed by atoms with Crippen molar-refractivity contribution < 1.29 is 4.74 Å². The fourth-order valence-corrected chi connectivity index (χ4v) is 3.06. The van der Waals surface area contributed by atoms with Gasteiger partial charge in [0.1, 0.15) is 12.4 Å². The molecule has 3 aromatic rings. The zero-order chi connectivity index (χ0) is 16.4. The second-order valence-electron chi connectivity index (χ2n) is 6.84. The Morgan fingerprint density at radius 2 is 1.74 bits per heavy atom. The lowest BCUT2D eigenvalue weighted by molar-refractivity contribution is 0.300.